The lowest BCUT2D eigenvalue weighted by atomic mass is 9.96. The Morgan fingerprint density at radius 1 is 1.24 bits per heavy atom. The molecule has 0 atom stereocenters. The summed E-state index contributed by atoms with van der Waals surface area (Å²) in [7, 11) is 0. The molecule has 0 bridgehead atoms. The van der Waals surface area contributed by atoms with Crippen molar-refractivity contribution in [3.63, 3.8) is 0 Å². The Kier molecular flexibility index (Phi) is 4.74. The molecule has 0 aliphatic heterocycles. The number of hydrogen-bond donors (Lipinski definition) is 3. The number of hydrogen-bond acceptors (Lipinski definition) is 7. The van der Waals surface area contributed by atoms with Crippen LogP contribution in [0.2, 0.25) is 0 Å². The number of nitrogens with two attached hydrogens (primary N) is 1. The van der Waals surface area contributed by atoms with E-state index in [1.807, 2.05) is 6.20 Å². The summed E-state index contributed by atoms with van der Waals surface area (Å²) in [6.45, 7) is 8.99. The van der Waals surface area contributed by atoms with E-state index in [-0.39, 0.29) is 5.41 Å². The van der Waals surface area contributed by atoms with E-state index in [2.05, 4.69) is 53.4 Å². The van der Waals surface area contributed by atoms with Gasteiger partial charge in [0, 0.05) is 22.6 Å². The number of rotatable bonds is 5. The normalized spacial score (nSPS) is 11.5. The van der Waals surface area contributed by atoms with E-state index in [0.717, 1.165) is 23.1 Å². The minimum absolute atomic E-state index is 0.139. The molecule has 0 aliphatic rings. The molecule has 0 saturated heterocycles. The van der Waals surface area contributed by atoms with E-state index in [1.54, 1.807) is 17.4 Å². The molecule has 0 aromatic carbocycles. The molecule has 0 saturated carbocycles. The summed E-state index contributed by atoms with van der Waals surface area (Å²) in [5.41, 5.74) is 2.45. The van der Waals surface area contributed by atoms with Gasteiger partial charge in [0.25, 0.3) is 0 Å². The Hall–Kier alpha value is -1.73. The molecule has 7 heteroatoms. The van der Waals surface area contributed by atoms with E-state index in [4.69, 9.17) is 5.84 Å². The zero-order chi connectivity index (χ0) is 15.5. The van der Waals surface area contributed by atoms with Gasteiger partial charge < -0.3 is 10.7 Å². The van der Waals surface area contributed by atoms with Gasteiger partial charge in [-0.25, -0.2) is 20.8 Å². The molecule has 0 fully saturated rings. The first-order valence-corrected chi connectivity index (χ1v) is 7.77. The van der Waals surface area contributed by atoms with Crippen molar-refractivity contribution < 1.29 is 0 Å². The molecule has 0 unspecified atom stereocenters. The molecule has 2 aromatic rings. The van der Waals surface area contributed by atoms with Crippen molar-refractivity contribution in [2.45, 2.75) is 46.1 Å². The van der Waals surface area contributed by atoms with Crippen LogP contribution in [0.5, 0.6) is 0 Å². The standard InChI is InChI=1S/C14H22N6S/c1-5-9-7-17-12(21-9)8-16-10-6-11(20-15)19-13(18-10)14(2,3)4/h6-7H,5,8,15H2,1-4H3,(H2,16,18,19,20). The van der Waals surface area contributed by atoms with Crippen molar-refractivity contribution in [3.8, 4) is 0 Å². The molecule has 2 heterocycles. The average Bonchev–Trinajstić information content (AvgIpc) is 2.92. The fourth-order valence-electron chi connectivity index (χ4n) is 1.71. The fraction of sp³-hybridized carbons (Fsp3) is 0.500. The van der Waals surface area contributed by atoms with E-state index < -0.39 is 0 Å². The number of nitrogens with one attached hydrogen (secondary N) is 2. The van der Waals surface area contributed by atoms with E-state index in [0.29, 0.717) is 12.4 Å². The van der Waals surface area contributed by atoms with Crippen LogP contribution >= 0.6 is 11.3 Å². The van der Waals surface area contributed by atoms with Gasteiger partial charge in [-0.3, -0.25) is 0 Å². The van der Waals surface area contributed by atoms with Gasteiger partial charge in [-0.15, -0.1) is 11.3 Å². The number of hydrazine groups is 1. The molecular formula is C14H22N6S. The topological polar surface area (TPSA) is 88.8 Å². The molecule has 4 N–H and O–H groups in total. The summed E-state index contributed by atoms with van der Waals surface area (Å²) in [5, 5.41) is 4.33. The van der Waals surface area contributed by atoms with Crippen LogP contribution in [0.25, 0.3) is 0 Å². The van der Waals surface area contributed by atoms with Gasteiger partial charge in [-0.1, -0.05) is 27.7 Å². The Balaban J connectivity index is 2.15. The zero-order valence-corrected chi connectivity index (χ0v) is 13.7. The first-order valence-electron chi connectivity index (χ1n) is 6.96. The van der Waals surface area contributed by atoms with Gasteiger partial charge >= 0.3 is 0 Å². The maximum atomic E-state index is 5.48. The van der Waals surface area contributed by atoms with Gasteiger partial charge in [0.05, 0.1) is 6.54 Å². The predicted octanol–water partition coefficient (Wildman–Crippen LogP) is 2.69. The number of nitrogen functional groups attached to an aromatic ring is 1. The maximum absolute atomic E-state index is 5.48. The van der Waals surface area contributed by atoms with Gasteiger partial charge in [-0.2, -0.15) is 0 Å². The molecule has 0 spiro atoms. The van der Waals surface area contributed by atoms with Crippen molar-refractivity contribution in [3.05, 3.63) is 28.0 Å². The minimum atomic E-state index is -0.139. The number of aromatic nitrogens is 3. The number of thiazole rings is 1. The van der Waals surface area contributed by atoms with E-state index in [9.17, 15) is 0 Å². The quantitative estimate of drug-likeness (QED) is 0.581. The monoisotopic (exact) mass is 306 g/mol. The lowest BCUT2D eigenvalue weighted by Gasteiger charge is -2.18. The Morgan fingerprint density at radius 2 is 1.95 bits per heavy atom. The first kappa shape index (κ1) is 15.7. The molecule has 6 nitrogen and oxygen atoms in total. The summed E-state index contributed by atoms with van der Waals surface area (Å²) in [4.78, 5) is 14.6. The van der Waals surface area contributed by atoms with Gasteiger partial charge in [-0.05, 0) is 6.42 Å². The van der Waals surface area contributed by atoms with Gasteiger partial charge in [0.2, 0.25) is 0 Å². The highest BCUT2D eigenvalue weighted by molar-refractivity contribution is 7.11. The largest absolute Gasteiger partial charge is 0.363 e. The van der Waals surface area contributed by atoms with Crippen molar-refractivity contribution in [1.29, 1.82) is 0 Å². The predicted molar refractivity (Wildman–Crippen MR) is 87.4 cm³/mol. The molecular weight excluding hydrogens is 284 g/mol. The highest BCUT2D eigenvalue weighted by atomic mass is 32.1. The fourth-order valence-corrected chi connectivity index (χ4v) is 2.51. The summed E-state index contributed by atoms with van der Waals surface area (Å²) < 4.78 is 0. The lowest BCUT2D eigenvalue weighted by molar-refractivity contribution is 0.546. The van der Waals surface area contributed by atoms with Crippen molar-refractivity contribution in [2.24, 2.45) is 5.84 Å². The molecule has 2 rings (SSSR count). The molecule has 0 aliphatic carbocycles. The SMILES string of the molecule is CCc1cnc(CNc2cc(NN)nc(C(C)(C)C)n2)s1. The Labute approximate surface area is 129 Å². The molecule has 0 amide bonds. The molecule has 21 heavy (non-hydrogen) atoms. The first-order chi connectivity index (χ1) is 9.92. The van der Waals surface area contributed by atoms with Crippen LogP contribution < -0.4 is 16.6 Å². The van der Waals surface area contributed by atoms with Crippen LogP contribution in [0.15, 0.2) is 12.3 Å². The third-order valence-corrected chi connectivity index (χ3v) is 4.06. The number of aryl methyl sites for hydroxylation is 1. The smallest absolute Gasteiger partial charge is 0.145 e. The Morgan fingerprint density at radius 3 is 2.52 bits per heavy atom. The summed E-state index contributed by atoms with van der Waals surface area (Å²) in [6, 6.07) is 1.80. The van der Waals surface area contributed by atoms with Crippen LogP contribution in [0, 0.1) is 0 Å². The van der Waals surface area contributed by atoms with E-state index >= 15 is 0 Å². The Bertz CT molecular complexity index is 602. The van der Waals surface area contributed by atoms with Crippen molar-refractivity contribution in [1.82, 2.24) is 15.0 Å². The third-order valence-electron chi connectivity index (χ3n) is 2.92. The summed E-state index contributed by atoms with van der Waals surface area (Å²) >= 11 is 1.71. The van der Waals surface area contributed by atoms with Crippen LogP contribution in [-0.2, 0) is 18.4 Å². The van der Waals surface area contributed by atoms with Crippen LogP contribution in [0.3, 0.4) is 0 Å². The highest BCUT2D eigenvalue weighted by Gasteiger charge is 2.19. The van der Waals surface area contributed by atoms with Crippen molar-refractivity contribution in [2.75, 3.05) is 10.7 Å². The summed E-state index contributed by atoms with van der Waals surface area (Å²) in [5.74, 6) is 7.57. The lowest BCUT2D eigenvalue weighted by Crippen LogP contribution is -2.20. The molecule has 2 aromatic heterocycles. The number of anilines is 2. The second kappa shape index (κ2) is 6.36. The minimum Gasteiger partial charge on any atom is -0.363 e. The van der Waals surface area contributed by atoms with Crippen LogP contribution in [-0.4, -0.2) is 15.0 Å². The van der Waals surface area contributed by atoms with Crippen LogP contribution in [0.1, 0.15) is 43.4 Å². The van der Waals surface area contributed by atoms with E-state index in [1.165, 1.54) is 4.88 Å². The van der Waals surface area contributed by atoms with Crippen molar-refractivity contribution >= 4 is 23.0 Å². The second-order valence-corrected chi connectivity index (χ2v) is 6.98. The number of nitrogens with zero attached hydrogens (tertiary/aromatic N) is 3. The second-order valence-electron chi connectivity index (χ2n) is 5.78. The third kappa shape index (κ3) is 4.12. The molecule has 114 valence electrons. The maximum Gasteiger partial charge on any atom is 0.145 e. The van der Waals surface area contributed by atoms with Crippen LogP contribution in [0.4, 0.5) is 11.6 Å². The van der Waals surface area contributed by atoms with Gasteiger partial charge in [0.1, 0.15) is 22.5 Å². The zero-order valence-electron chi connectivity index (χ0n) is 12.9. The average molecular weight is 306 g/mol. The highest BCUT2D eigenvalue weighted by Crippen LogP contribution is 2.22. The molecule has 0 radical (unpaired) electrons. The summed E-state index contributed by atoms with van der Waals surface area (Å²) in [6.07, 6.45) is 2.94. The van der Waals surface area contributed by atoms with Gasteiger partial charge in [0.15, 0.2) is 0 Å².